The molecule has 3 rings (SSSR count). The highest BCUT2D eigenvalue weighted by molar-refractivity contribution is 7.90. The average molecular weight is 359 g/mol. The molecule has 2 aromatic rings. The summed E-state index contributed by atoms with van der Waals surface area (Å²) in [4.78, 5) is 24.0. The van der Waals surface area contributed by atoms with Crippen LogP contribution in [0, 0.1) is 6.92 Å². The van der Waals surface area contributed by atoms with E-state index in [1.807, 2.05) is 0 Å². The van der Waals surface area contributed by atoms with Gasteiger partial charge in [0.2, 0.25) is 0 Å². The van der Waals surface area contributed by atoms with Gasteiger partial charge in [0.1, 0.15) is 4.90 Å². The van der Waals surface area contributed by atoms with Crippen molar-refractivity contribution in [1.29, 1.82) is 0 Å². The third-order valence-corrected chi connectivity index (χ3v) is 6.18. The van der Waals surface area contributed by atoms with Gasteiger partial charge in [-0.05, 0) is 42.7 Å². The molecule has 1 aliphatic rings. The van der Waals surface area contributed by atoms with Gasteiger partial charge in [0, 0.05) is 6.54 Å². The fourth-order valence-corrected chi connectivity index (χ4v) is 4.67. The minimum absolute atomic E-state index is 0.0485. The number of amides is 1. The number of methoxy groups -OCH3 is 1. The topological polar surface area (TPSA) is 80.8 Å². The Morgan fingerprint density at radius 2 is 1.80 bits per heavy atom. The van der Waals surface area contributed by atoms with E-state index in [1.54, 1.807) is 43.3 Å². The van der Waals surface area contributed by atoms with E-state index in [-0.39, 0.29) is 17.0 Å². The summed E-state index contributed by atoms with van der Waals surface area (Å²) < 4.78 is 30.9. The molecule has 1 heterocycles. The van der Waals surface area contributed by atoms with Gasteiger partial charge >= 0.3 is 5.97 Å². The molecule has 1 amide bonds. The number of benzene rings is 2. The molecule has 0 aromatic heterocycles. The highest BCUT2D eigenvalue weighted by Gasteiger charge is 2.41. The molecule has 0 fully saturated rings. The number of fused-ring (bicyclic) bond motifs is 1. The van der Waals surface area contributed by atoms with E-state index in [0.29, 0.717) is 17.5 Å². The minimum Gasteiger partial charge on any atom is -0.465 e. The molecule has 130 valence electrons. The van der Waals surface area contributed by atoms with E-state index in [9.17, 15) is 18.0 Å². The lowest BCUT2D eigenvalue weighted by atomic mass is 10.1. The molecule has 0 aliphatic carbocycles. The van der Waals surface area contributed by atoms with Gasteiger partial charge in [-0.25, -0.2) is 17.5 Å². The molecule has 6 nitrogen and oxygen atoms in total. The van der Waals surface area contributed by atoms with Gasteiger partial charge in [-0.15, -0.1) is 0 Å². The van der Waals surface area contributed by atoms with E-state index in [2.05, 4.69) is 4.74 Å². The Kier molecular flexibility index (Phi) is 4.34. The number of nitrogens with zero attached hydrogens (tertiary/aromatic N) is 1. The Morgan fingerprint density at radius 1 is 1.12 bits per heavy atom. The zero-order chi connectivity index (χ0) is 18.2. The summed E-state index contributed by atoms with van der Waals surface area (Å²) in [5, 5.41) is 0. The molecule has 25 heavy (non-hydrogen) atoms. The van der Waals surface area contributed by atoms with Crippen molar-refractivity contribution in [2.75, 3.05) is 13.7 Å². The predicted octanol–water partition coefficient (Wildman–Crippen LogP) is 2.17. The summed E-state index contributed by atoms with van der Waals surface area (Å²) >= 11 is 0. The zero-order valence-electron chi connectivity index (χ0n) is 13.9. The van der Waals surface area contributed by atoms with E-state index in [1.165, 1.54) is 13.2 Å². The Balaban J connectivity index is 1.80. The van der Waals surface area contributed by atoms with Gasteiger partial charge in [0.15, 0.2) is 0 Å². The summed E-state index contributed by atoms with van der Waals surface area (Å²) in [7, 11) is -2.51. The van der Waals surface area contributed by atoms with Crippen molar-refractivity contribution in [3.63, 3.8) is 0 Å². The maximum Gasteiger partial charge on any atom is 0.337 e. The molecule has 0 unspecified atom stereocenters. The van der Waals surface area contributed by atoms with E-state index in [4.69, 9.17) is 0 Å². The van der Waals surface area contributed by atoms with Crippen molar-refractivity contribution in [3.8, 4) is 0 Å². The van der Waals surface area contributed by atoms with Crippen molar-refractivity contribution in [2.45, 2.75) is 18.2 Å². The van der Waals surface area contributed by atoms with Gasteiger partial charge in [-0.2, -0.15) is 0 Å². The molecular weight excluding hydrogens is 342 g/mol. The number of rotatable bonds is 4. The first-order chi connectivity index (χ1) is 11.9. The monoisotopic (exact) mass is 359 g/mol. The Morgan fingerprint density at radius 3 is 2.40 bits per heavy atom. The minimum atomic E-state index is -3.81. The van der Waals surface area contributed by atoms with Gasteiger partial charge in [0.25, 0.3) is 15.9 Å². The predicted molar refractivity (Wildman–Crippen MR) is 90.9 cm³/mol. The first-order valence-corrected chi connectivity index (χ1v) is 9.14. The van der Waals surface area contributed by atoms with Crippen molar-refractivity contribution in [1.82, 2.24) is 4.31 Å². The van der Waals surface area contributed by atoms with Crippen LogP contribution in [-0.4, -0.2) is 38.3 Å². The molecule has 0 bridgehead atoms. The van der Waals surface area contributed by atoms with Crippen LogP contribution in [0.25, 0.3) is 0 Å². The summed E-state index contributed by atoms with van der Waals surface area (Å²) in [5.41, 5.74) is 2.03. The van der Waals surface area contributed by atoms with Crippen LogP contribution in [0.3, 0.4) is 0 Å². The van der Waals surface area contributed by atoms with Crippen molar-refractivity contribution < 1.29 is 22.7 Å². The Labute approximate surface area is 146 Å². The van der Waals surface area contributed by atoms with Gasteiger partial charge in [-0.1, -0.05) is 24.3 Å². The van der Waals surface area contributed by atoms with Crippen LogP contribution in [0.15, 0.2) is 47.4 Å². The smallest absolute Gasteiger partial charge is 0.337 e. The molecule has 2 aromatic carbocycles. The van der Waals surface area contributed by atoms with E-state index in [0.717, 1.165) is 9.87 Å². The molecule has 0 N–H and O–H groups in total. The Bertz CT molecular complexity index is 948. The fraction of sp³-hybridized carbons (Fsp3) is 0.222. The SMILES string of the molecule is COC(=O)c1ccc(CCN2C(=O)c3cccc(C)c3S2(=O)=O)cc1. The fourth-order valence-electron chi connectivity index (χ4n) is 2.89. The molecular formula is C18H17NO5S. The van der Waals surface area contributed by atoms with Crippen LogP contribution in [0.4, 0.5) is 0 Å². The normalized spacial score (nSPS) is 15.1. The number of ether oxygens (including phenoxy) is 1. The summed E-state index contributed by atoms with van der Waals surface area (Å²) in [6.07, 6.45) is 0.361. The number of aryl methyl sites for hydroxylation is 1. The summed E-state index contributed by atoms with van der Waals surface area (Å²) in [6, 6.07) is 11.6. The first-order valence-electron chi connectivity index (χ1n) is 7.70. The standard InChI is InChI=1S/C18H17NO5S/c1-12-4-3-5-15-16(12)25(22,23)19(17(15)20)11-10-13-6-8-14(9-7-13)18(21)24-2/h3-9H,10-11H2,1-2H3. The van der Waals surface area contributed by atoms with Crippen molar-refractivity contribution in [2.24, 2.45) is 0 Å². The van der Waals surface area contributed by atoms with Crippen LogP contribution in [-0.2, 0) is 21.2 Å². The van der Waals surface area contributed by atoms with Crippen molar-refractivity contribution in [3.05, 3.63) is 64.7 Å². The van der Waals surface area contributed by atoms with Crippen molar-refractivity contribution >= 4 is 21.9 Å². The number of carbonyl (C=O) groups is 2. The van der Waals surface area contributed by atoms with E-state index >= 15 is 0 Å². The number of carbonyl (C=O) groups excluding carboxylic acids is 2. The second-order valence-corrected chi connectivity index (χ2v) is 7.57. The van der Waals surface area contributed by atoms with Gasteiger partial charge in [-0.3, -0.25) is 4.79 Å². The van der Waals surface area contributed by atoms with Crippen LogP contribution >= 0.6 is 0 Å². The number of esters is 1. The lowest BCUT2D eigenvalue weighted by Crippen LogP contribution is -2.32. The zero-order valence-corrected chi connectivity index (χ0v) is 14.7. The summed E-state index contributed by atoms with van der Waals surface area (Å²) in [6.45, 7) is 1.73. The Hall–Kier alpha value is -2.67. The molecule has 0 radical (unpaired) electrons. The quantitative estimate of drug-likeness (QED) is 0.782. The van der Waals surface area contributed by atoms with Crippen LogP contribution < -0.4 is 0 Å². The largest absolute Gasteiger partial charge is 0.465 e. The van der Waals surface area contributed by atoms with Gasteiger partial charge in [0.05, 0.1) is 18.2 Å². The molecule has 0 saturated heterocycles. The molecule has 0 saturated carbocycles. The lowest BCUT2D eigenvalue weighted by molar-refractivity contribution is 0.0600. The highest BCUT2D eigenvalue weighted by Crippen LogP contribution is 2.32. The second-order valence-electron chi connectivity index (χ2n) is 5.77. The average Bonchev–Trinajstić information content (AvgIpc) is 2.80. The third-order valence-electron chi connectivity index (χ3n) is 4.20. The van der Waals surface area contributed by atoms with Crippen LogP contribution in [0.2, 0.25) is 0 Å². The molecule has 1 aliphatic heterocycles. The molecule has 0 spiro atoms. The first kappa shape index (κ1) is 17.2. The second kappa shape index (κ2) is 6.33. The number of sulfonamides is 1. The van der Waals surface area contributed by atoms with Crippen LogP contribution in [0.1, 0.15) is 31.8 Å². The van der Waals surface area contributed by atoms with Gasteiger partial charge < -0.3 is 4.74 Å². The summed E-state index contributed by atoms with van der Waals surface area (Å²) in [5.74, 6) is -0.931. The maximum absolute atomic E-state index is 12.7. The molecule has 0 atom stereocenters. The maximum atomic E-state index is 12.7. The van der Waals surface area contributed by atoms with Crippen LogP contribution in [0.5, 0.6) is 0 Å². The lowest BCUT2D eigenvalue weighted by Gasteiger charge is -2.15. The highest BCUT2D eigenvalue weighted by atomic mass is 32.2. The number of hydrogen-bond donors (Lipinski definition) is 0. The molecule has 7 heteroatoms. The third kappa shape index (κ3) is 2.91. The number of hydrogen-bond acceptors (Lipinski definition) is 5. The van der Waals surface area contributed by atoms with E-state index < -0.39 is 21.9 Å².